The summed E-state index contributed by atoms with van der Waals surface area (Å²) in [5.74, 6) is -1.79. The molecule has 7 nitrogen and oxygen atoms in total. The highest BCUT2D eigenvalue weighted by Gasteiger charge is 2.35. The lowest BCUT2D eigenvalue weighted by atomic mass is 10.0. The van der Waals surface area contributed by atoms with Gasteiger partial charge in [-0.3, -0.25) is 13.9 Å². The van der Waals surface area contributed by atoms with Crippen LogP contribution < -0.4 is 9.62 Å². The number of carbonyl (C=O) groups is 2. The van der Waals surface area contributed by atoms with Crippen molar-refractivity contribution in [3.05, 3.63) is 132 Å². The van der Waals surface area contributed by atoms with Crippen LogP contribution in [0.1, 0.15) is 37.0 Å². The Balaban J connectivity index is 1.81. The van der Waals surface area contributed by atoms with Crippen molar-refractivity contribution in [3.8, 4) is 0 Å². The van der Waals surface area contributed by atoms with Gasteiger partial charge in [0.05, 0.1) is 10.6 Å². The smallest absolute Gasteiger partial charge is 0.264 e. The molecule has 0 bridgehead atoms. The lowest BCUT2D eigenvalue weighted by Gasteiger charge is -2.34. The second kappa shape index (κ2) is 14.8. The molecule has 0 radical (unpaired) electrons. The van der Waals surface area contributed by atoms with Crippen LogP contribution in [0.3, 0.4) is 0 Å². The van der Waals surface area contributed by atoms with Crippen LogP contribution in [0, 0.1) is 12.7 Å². The van der Waals surface area contributed by atoms with Gasteiger partial charge in [0.25, 0.3) is 10.0 Å². The fourth-order valence-corrected chi connectivity index (χ4v) is 6.33. The van der Waals surface area contributed by atoms with Crippen molar-refractivity contribution < 1.29 is 22.4 Å². The summed E-state index contributed by atoms with van der Waals surface area (Å²) < 4.78 is 43.8. The average Bonchev–Trinajstić information content (AvgIpc) is 3.02. The van der Waals surface area contributed by atoms with Crippen LogP contribution >= 0.6 is 0 Å². The lowest BCUT2D eigenvalue weighted by Crippen LogP contribution is -2.54. The van der Waals surface area contributed by atoms with Crippen molar-refractivity contribution in [2.75, 3.05) is 10.8 Å². The Morgan fingerprint density at radius 1 is 0.841 bits per heavy atom. The first kappa shape index (κ1) is 32.4. The van der Waals surface area contributed by atoms with E-state index in [0.717, 1.165) is 27.1 Å². The second-order valence-corrected chi connectivity index (χ2v) is 12.7. The highest BCUT2D eigenvalue weighted by Crippen LogP contribution is 2.27. The predicted octanol–water partition coefficient (Wildman–Crippen LogP) is 5.88. The Bertz CT molecular complexity index is 1670. The maximum atomic E-state index is 15.2. The number of hydrogen-bond acceptors (Lipinski definition) is 4. The Labute approximate surface area is 259 Å². The van der Waals surface area contributed by atoms with Crippen molar-refractivity contribution in [3.63, 3.8) is 0 Å². The van der Waals surface area contributed by atoms with Crippen molar-refractivity contribution in [1.29, 1.82) is 0 Å². The molecule has 0 aliphatic rings. The van der Waals surface area contributed by atoms with Gasteiger partial charge in [-0.05, 0) is 55.7 Å². The summed E-state index contributed by atoms with van der Waals surface area (Å²) in [5, 5.41) is 3.01. The Morgan fingerprint density at radius 2 is 1.45 bits per heavy atom. The number of sulfonamides is 1. The number of rotatable bonds is 13. The number of nitrogens with zero attached hydrogens (tertiary/aromatic N) is 2. The van der Waals surface area contributed by atoms with Crippen molar-refractivity contribution in [2.45, 2.75) is 57.1 Å². The standard InChI is InChI=1S/C35H38FN3O4S/c1-4-27(3)37-35(41)33(23-28-15-7-5-8-16-28)38(24-29-17-13-14-26(2)22-29)34(40)25-39(32-21-12-11-20-31(32)36)44(42,43)30-18-9-6-10-19-30/h5-22,27,33H,4,23-25H2,1-3H3,(H,37,41). The van der Waals surface area contributed by atoms with Gasteiger partial charge in [-0.15, -0.1) is 0 Å². The number of amides is 2. The number of carbonyl (C=O) groups excluding carboxylic acids is 2. The third kappa shape index (κ3) is 8.11. The third-order valence-electron chi connectivity index (χ3n) is 7.44. The minimum Gasteiger partial charge on any atom is -0.352 e. The molecule has 0 aliphatic heterocycles. The summed E-state index contributed by atoms with van der Waals surface area (Å²) in [7, 11) is -4.37. The molecule has 9 heteroatoms. The van der Waals surface area contributed by atoms with Crippen molar-refractivity contribution >= 4 is 27.5 Å². The maximum Gasteiger partial charge on any atom is 0.264 e. The molecule has 4 rings (SSSR count). The number of halogens is 1. The molecule has 0 saturated heterocycles. The monoisotopic (exact) mass is 615 g/mol. The molecular weight excluding hydrogens is 577 g/mol. The molecule has 4 aromatic rings. The van der Waals surface area contributed by atoms with Gasteiger partial charge in [0, 0.05) is 19.0 Å². The van der Waals surface area contributed by atoms with Gasteiger partial charge in [0.15, 0.2) is 0 Å². The molecule has 0 aliphatic carbocycles. The predicted molar refractivity (Wildman–Crippen MR) is 171 cm³/mol. The van der Waals surface area contributed by atoms with Crippen LogP contribution in [0.4, 0.5) is 10.1 Å². The first-order valence-electron chi connectivity index (χ1n) is 14.6. The van der Waals surface area contributed by atoms with E-state index in [0.29, 0.717) is 6.42 Å². The first-order chi connectivity index (χ1) is 21.1. The van der Waals surface area contributed by atoms with Crippen LogP contribution in [0.25, 0.3) is 0 Å². The summed E-state index contributed by atoms with van der Waals surface area (Å²) in [6, 6.07) is 28.8. The van der Waals surface area contributed by atoms with Crippen LogP contribution in [-0.2, 0) is 32.6 Å². The zero-order chi connectivity index (χ0) is 31.7. The fraction of sp³-hybridized carbons (Fsp3) is 0.257. The molecule has 0 aromatic heterocycles. The van der Waals surface area contributed by atoms with Gasteiger partial charge in [-0.1, -0.05) is 97.4 Å². The number of para-hydroxylation sites is 1. The van der Waals surface area contributed by atoms with Crippen LogP contribution in [0.15, 0.2) is 114 Å². The average molecular weight is 616 g/mol. The quantitative estimate of drug-likeness (QED) is 0.203. The summed E-state index contributed by atoms with van der Waals surface area (Å²) in [6.07, 6.45) is 0.887. The topological polar surface area (TPSA) is 86.8 Å². The number of nitrogens with one attached hydrogen (secondary N) is 1. The van der Waals surface area contributed by atoms with E-state index in [1.54, 1.807) is 18.2 Å². The van der Waals surface area contributed by atoms with Crippen LogP contribution in [0.5, 0.6) is 0 Å². The van der Waals surface area contributed by atoms with Gasteiger partial charge in [-0.2, -0.15) is 0 Å². The molecular formula is C35H38FN3O4S. The normalized spacial score (nSPS) is 12.6. The van der Waals surface area contributed by atoms with Gasteiger partial charge in [0.2, 0.25) is 11.8 Å². The molecule has 2 atom stereocenters. The lowest BCUT2D eigenvalue weighted by molar-refractivity contribution is -0.140. The molecule has 44 heavy (non-hydrogen) atoms. The Kier molecular flexibility index (Phi) is 10.9. The number of aryl methyl sites for hydroxylation is 1. The molecule has 4 aromatic carbocycles. The SMILES string of the molecule is CCC(C)NC(=O)C(Cc1ccccc1)N(Cc1cccc(C)c1)C(=O)CN(c1ccccc1F)S(=O)(=O)c1ccccc1. The van der Waals surface area contributed by atoms with Gasteiger partial charge >= 0.3 is 0 Å². The zero-order valence-electron chi connectivity index (χ0n) is 25.2. The number of anilines is 1. The van der Waals surface area contributed by atoms with Gasteiger partial charge in [-0.25, -0.2) is 12.8 Å². The maximum absolute atomic E-state index is 15.2. The molecule has 0 saturated carbocycles. The van der Waals surface area contributed by atoms with E-state index >= 15 is 4.39 Å². The summed E-state index contributed by atoms with van der Waals surface area (Å²) >= 11 is 0. The molecule has 0 spiro atoms. The first-order valence-corrected chi connectivity index (χ1v) is 16.1. The van der Waals surface area contributed by atoms with Crippen LogP contribution in [0.2, 0.25) is 0 Å². The van der Waals surface area contributed by atoms with E-state index < -0.39 is 34.3 Å². The van der Waals surface area contributed by atoms with Crippen LogP contribution in [-0.4, -0.2) is 43.8 Å². The van der Waals surface area contributed by atoms with E-state index in [1.807, 2.05) is 75.4 Å². The minimum atomic E-state index is -4.37. The number of hydrogen-bond donors (Lipinski definition) is 1. The molecule has 2 unspecified atom stereocenters. The van der Waals surface area contributed by atoms with E-state index in [2.05, 4.69) is 5.32 Å². The highest BCUT2D eigenvalue weighted by molar-refractivity contribution is 7.92. The molecule has 230 valence electrons. The summed E-state index contributed by atoms with van der Waals surface area (Å²) in [4.78, 5) is 29.6. The van der Waals surface area contributed by atoms with E-state index in [4.69, 9.17) is 0 Å². The highest BCUT2D eigenvalue weighted by atomic mass is 32.2. The summed E-state index contributed by atoms with van der Waals surface area (Å²) in [6.45, 7) is 5.09. The van der Waals surface area contributed by atoms with Gasteiger partial charge < -0.3 is 10.2 Å². The molecule has 1 N–H and O–H groups in total. The number of benzene rings is 4. The molecule has 0 fully saturated rings. The van der Waals surface area contributed by atoms with Crippen molar-refractivity contribution in [1.82, 2.24) is 10.2 Å². The largest absolute Gasteiger partial charge is 0.352 e. The molecule has 0 heterocycles. The second-order valence-electron chi connectivity index (χ2n) is 10.8. The van der Waals surface area contributed by atoms with Crippen molar-refractivity contribution in [2.24, 2.45) is 0 Å². The van der Waals surface area contributed by atoms with E-state index in [1.165, 1.54) is 35.2 Å². The third-order valence-corrected chi connectivity index (χ3v) is 9.21. The molecule has 2 amide bonds. The fourth-order valence-electron chi connectivity index (χ4n) is 4.89. The summed E-state index contributed by atoms with van der Waals surface area (Å²) in [5.41, 5.74) is 2.32. The van der Waals surface area contributed by atoms with E-state index in [9.17, 15) is 18.0 Å². The van der Waals surface area contributed by atoms with Gasteiger partial charge in [0.1, 0.15) is 18.4 Å². The zero-order valence-corrected chi connectivity index (χ0v) is 26.0. The Morgan fingerprint density at radius 3 is 2.09 bits per heavy atom. The van der Waals surface area contributed by atoms with E-state index in [-0.39, 0.29) is 35.5 Å². The minimum absolute atomic E-state index is 0.0441. The Hall–Kier alpha value is -4.50.